The lowest BCUT2D eigenvalue weighted by molar-refractivity contribution is 0.100. The van der Waals surface area contributed by atoms with Gasteiger partial charge in [-0.2, -0.15) is 4.98 Å². The molecule has 208 valence electrons. The molecule has 10 nitrogen and oxygen atoms in total. The van der Waals surface area contributed by atoms with E-state index in [1.807, 2.05) is 35.2 Å². The molecule has 0 amide bonds. The number of hydrogen-bond acceptors (Lipinski definition) is 9. The number of ketones is 1. The molecule has 0 radical (unpaired) electrons. The standard InChI is InChI=1S/C31H30N6O4/c1-19(38)25-14-22-18-33-31(35-30(22)37(25)23-4-2-3-5-23)34-28-9-7-21(17-32-28)20-6-8-24-26(39)16-29(41-27(24)15-20)36-10-12-40-13-11-36/h6-9,14-18,23H,2-5,10-13H2,1H3,(H,32,33,34,35). The Bertz CT molecular complexity index is 1820. The van der Waals surface area contributed by atoms with Crippen molar-refractivity contribution in [3.63, 3.8) is 0 Å². The van der Waals surface area contributed by atoms with Gasteiger partial charge in [0.2, 0.25) is 5.95 Å². The summed E-state index contributed by atoms with van der Waals surface area (Å²) in [5, 5.41) is 4.60. The maximum Gasteiger partial charge on any atom is 0.230 e. The third-order valence-electron chi connectivity index (χ3n) is 8.00. The molecular formula is C31H30N6O4. The summed E-state index contributed by atoms with van der Waals surface area (Å²) in [4.78, 5) is 41.0. The number of Topliss-reactive ketones (excluding diaryl/α,β-unsaturated/α-hetero) is 1. The van der Waals surface area contributed by atoms with Crippen LogP contribution >= 0.6 is 0 Å². The monoisotopic (exact) mass is 550 g/mol. The quantitative estimate of drug-likeness (QED) is 0.274. The number of anilines is 3. The van der Waals surface area contributed by atoms with Crippen molar-refractivity contribution in [2.45, 2.75) is 38.6 Å². The molecule has 1 aliphatic heterocycles. The Morgan fingerprint density at radius 2 is 1.78 bits per heavy atom. The van der Waals surface area contributed by atoms with E-state index in [0.29, 0.717) is 60.6 Å². The van der Waals surface area contributed by atoms with Crippen LogP contribution < -0.4 is 15.6 Å². The lowest BCUT2D eigenvalue weighted by Crippen LogP contribution is -2.36. The fourth-order valence-electron chi connectivity index (χ4n) is 5.89. The average Bonchev–Trinajstić information content (AvgIpc) is 3.66. The zero-order valence-corrected chi connectivity index (χ0v) is 22.8. The van der Waals surface area contributed by atoms with Gasteiger partial charge >= 0.3 is 0 Å². The van der Waals surface area contributed by atoms with Crippen molar-refractivity contribution in [1.82, 2.24) is 19.5 Å². The van der Waals surface area contributed by atoms with Crippen LogP contribution in [0.25, 0.3) is 33.1 Å². The molecule has 4 aromatic heterocycles. The van der Waals surface area contributed by atoms with Gasteiger partial charge in [-0.25, -0.2) is 9.97 Å². The molecule has 0 bridgehead atoms. The van der Waals surface area contributed by atoms with Crippen LogP contribution in [-0.2, 0) is 4.74 Å². The van der Waals surface area contributed by atoms with Crippen LogP contribution in [-0.4, -0.2) is 51.6 Å². The summed E-state index contributed by atoms with van der Waals surface area (Å²) in [6.07, 6.45) is 7.93. The SMILES string of the molecule is CC(=O)c1cc2cnc(Nc3ccc(-c4ccc5c(=O)cc(N6CCOCC6)oc5c4)cn3)nc2n1C1CCCC1. The van der Waals surface area contributed by atoms with E-state index in [2.05, 4.69) is 19.9 Å². The number of hydrogen-bond donors (Lipinski definition) is 1. The van der Waals surface area contributed by atoms with E-state index in [-0.39, 0.29) is 17.3 Å². The normalized spacial score (nSPS) is 16.1. The average molecular weight is 551 g/mol. The second-order valence-corrected chi connectivity index (χ2v) is 10.7. The van der Waals surface area contributed by atoms with Crippen LogP contribution in [0, 0.1) is 0 Å². The Hall–Kier alpha value is -4.57. The highest BCUT2D eigenvalue weighted by Crippen LogP contribution is 2.35. The third kappa shape index (κ3) is 4.84. The van der Waals surface area contributed by atoms with Crippen LogP contribution in [0.2, 0.25) is 0 Å². The smallest absolute Gasteiger partial charge is 0.230 e. The predicted molar refractivity (Wildman–Crippen MR) is 157 cm³/mol. The largest absolute Gasteiger partial charge is 0.440 e. The van der Waals surface area contributed by atoms with E-state index >= 15 is 0 Å². The Morgan fingerprint density at radius 3 is 2.54 bits per heavy atom. The summed E-state index contributed by atoms with van der Waals surface area (Å²) >= 11 is 0. The number of carbonyl (C=O) groups excluding carboxylic acids is 1. The molecule has 7 rings (SSSR count). The van der Waals surface area contributed by atoms with Gasteiger partial charge in [-0.15, -0.1) is 0 Å². The molecule has 5 heterocycles. The van der Waals surface area contributed by atoms with Crippen LogP contribution in [0.15, 0.2) is 64.1 Å². The summed E-state index contributed by atoms with van der Waals surface area (Å²) in [5.41, 5.74) is 3.70. The fraction of sp³-hybridized carbons (Fsp3) is 0.323. The molecule has 2 fully saturated rings. The van der Waals surface area contributed by atoms with Crippen molar-refractivity contribution in [1.29, 1.82) is 0 Å². The predicted octanol–water partition coefficient (Wildman–Crippen LogP) is 5.50. The number of nitrogens with zero attached hydrogens (tertiary/aromatic N) is 5. The number of morpholine rings is 1. The van der Waals surface area contributed by atoms with Gasteiger partial charge in [-0.05, 0) is 48.7 Å². The minimum absolute atomic E-state index is 0.0342. The molecule has 2 aliphatic rings. The van der Waals surface area contributed by atoms with E-state index in [0.717, 1.165) is 47.8 Å². The second kappa shape index (κ2) is 10.4. The maximum absolute atomic E-state index is 12.8. The molecule has 0 unspecified atom stereocenters. The molecule has 1 N–H and O–H groups in total. The number of benzene rings is 1. The summed E-state index contributed by atoms with van der Waals surface area (Å²) < 4.78 is 13.7. The van der Waals surface area contributed by atoms with Gasteiger partial charge in [0.25, 0.3) is 0 Å². The highest BCUT2D eigenvalue weighted by atomic mass is 16.5. The maximum atomic E-state index is 12.8. The van der Waals surface area contributed by atoms with Crippen LogP contribution in [0.1, 0.15) is 49.1 Å². The molecular weight excluding hydrogens is 520 g/mol. The lowest BCUT2D eigenvalue weighted by Gasteiger charge is -2.27. The van der Waals surface area contributed by atoms with Gasteiger partial charge in [-0.3, -0.25) is 9.59 Å². The van der Waals surface area contributed by atoms with Gasteiger partial charge in [-0.1, -0.05) is 18.9 Å². The molecule has 1 saturated carbocycles. The molecule has 1 saturated heterocycles. The van der Waals surface area contributed by atoms with Gasteiger partial charge in [0.15, 0.2) is 17.1 Å². The molecule has 0 spiro atoms. The van der Waals surface area contributed by atoms with Crippen molar-refractivity contribution < 1.29 is 13.9 Å². The molecule has 41 heavy (non-hydrogen) atoms. The first kappa shape index (κ1) is 25.4. The summed E-state index contributed by atoms with van der Waals surface area (Å²) in [6.45, 7) is 4.20. The zero-order valence-electron chi connectivity index (χ0n) is 22.8. The highest BCUT2D eigenvalue weighted by Gasteiger charge is 2.24. The van der Waals surface area contributed by atoms with E-state index in [1.165, 1.54) is 0 Å². The Kier molecular flexibility index (Phi) is 6.47. The Morgan fingerprint density at radius 1 is 0.976 bits per heavy atom. The van der Waals surface area contributed by atoms with Gasteiger partial charge in [0.1, 0.15) is 17.0 Å². The van der Waals surface area contributed by atoms with Crippen LogP contribution in [0.3, 0.4) is 0 Å². The van der Waals surface area contributed by atoms with Gasteiger partial charge in [0.05, 0.1) is 24.3 Å². The summed E-state index contributed by atoms with van der Waals surface area (Å²) in [5.74, 6) is 1.62. The number of rotatable bonds is 6. The van der Waals surface area contributed by atoms with E-state index in [4.69, 9.17) is 14.1 Å². The van der Waals surface area contributed by atoms with E-state index < -0.39 is 0 Å². The number of carbonyl (C=O) groups is 1. The van der Waals surface area contributed by atoms with Crippen LogP contribution in [0.5, 0.6) is 0 Å². The molecule has 1 aliphatic carbocycles. The van der Waals surface area contributed by atoms with Crippen molar-refractivity contribution in [3.05, 3.63) is 70.8 Å². The Balaban J connectivity index is 1.15. The van der Waals surface area contributed by atoms with E-state index in [9.17, 15) is 9.59 Å². The zero-order chi connectivity index (χ0) is 27.9. The van der Waals surface area contributed by atoms with Gasteiger partial charge < -0.3 is 23.9 Å². The number of nitrogens with one attached hydrogen (secondary N) is 1. The first-order valence-electron chi connectivity index (χ1n) is 14.1. The molecule has 0 atom stereocenters. The van der Waals surface area contributed by atoms with Gasteiger partial charge in [0, 0.05) is 55.5 Å². The minimum atomic E-state index is -0.0663. The summed E-state index contributed by atoms with van der Waals surface area (Å²) in [7, 11) is 0. The lowest BCUT2D eigenvalue weighted by atomic mass is 10.1. The number of pyridine rings is 1. The number of aromatic nitrogens is 4. The van der Waals surface area contributed by atoms with Crippen LogP contribution in [0.4, 0.5) is 17.7 Å². The first-order valence-corrected chi connectivity index (χ1v) is 14.1. The second-order valence-electron chi connectivity index (χ2n) is 10.7. The van der Waals surface area contributed by atoms with E-state index in [1.54, 1.807) is 31.5 Å². The third-order valence-corrected chi connectivity index (χ3v) is 8.00. The fourth-order valence-corrected chi connectivity index (χ4v) is 5.89. The summed E-state index contributed by atoms with van der Waals surface area (Å²) in [6, 6.07) is 13.1. The number of fused-ring (bicyclic) bond motifs is 2. The van der Waals surface area contributed by atoms with Crippen molar-refractivity contribution in [2.75, 3.05) is 36.5 Å². The topological polar surface area (TPSA) is 115 Å². The molecule has 1 aromatic carbocycles. The van der Waals surface area contributed by atoms with Crippen molar-refractivity contribution >= 4 is 45.4 Å². The van der Waals surface area contributed by atoms with Crippen molar-refractivity contribution in [2.24, 2.45) is 0 Å². The molecule has 5 aromatic rings. The van der Waals surface area contributed by atoms with Crippen molar-refractivity contribution in [3.8, 4) is 11.1 Å². The molecule has 10 heteroatoms. The number of ether oxygens (including phenoxy) is 1. The Labute approximate surface area is 236 Å². The minimum Gasteiger partial charge on any atom is -0.440 e. The highest BCUT2D eigenvalue weighted by molar-refractivity contribution is 5.98. The first-order chi connectivity index (χ1) is 20.0.